The highest BCUT2D eigenvalue weighted by Gasteiger charge is 2.22. The molecule has 9 nitrogen and oxygen atoms in total. The van der Waals surface area contributed by atoms with Crippen LogP contribution in [0.5, 0.6) is 0 Å². The van der Waals surface area contributed by atoms with E-state index in [4.69, 9.17) is 4.74 Å². The fourth-order valence-electron chi connectivity index (χ4n) is 2.95. The second-order valence-electron chi connectivity index (χ2n) is 7.12. The van der Waals surface area contributed by atoms with Crippen molar-refractivity contribution in [3.63, 3.8) is 0 Å². The predicted octanol–water partition coefficient (Wildman–Crippen LogP) is 3.34. The number of esters is 1. The average Bonchev–Trinajstić information content (AvgIpc) is 3.17. The quantitative estimate of drug-likeness (QED) is 0.416. The summed E-state index contributed by atoms with van der Waals surface area (Å²) >= 11 is 1.29. The van der Waals surface area contributed by atoms with Crippen LogP contribution in [0.15, 0.2) is 53.4 Å². The number of carbonyl (C=O) groups is 3. The molecule has 3 aromatic rings. The van der Waals surface area contributed by atoms with Crippen LogP contribution in [0.2, 0.25) is 0 Å². The normalized spacial score (nSPS) is 12.2. The molecule has 0 aliphatic heterocycles. The van der Waals surface area contributed by atoms with Crippen LogP contribution in [0.25, 0.3) is 10.1 Å². The number of hydrogen-bond donors (Lipinski definition) is 3. The smallest absolute Gasteiger partial charge is 0.348 e. The fourth-order valence-corrected chi connectivity index (χ4v) is 5.09. The Morgan fingerprint density at radius 2 is 1.67 bits per heavy atom. The zero-order valence-electron chi connectivity index (χ0n) is 18.2. The lowest BCUT2D eigenvalue weighted by Gasteiger charge is -2.15. The minimum absolute atomic E-state index is 0.0394. The lowest BCUT2D eigenvalue weighted by Crippen LogP contribution is -2.41. The first-order valence-electron chi connectivity index (χ1n) is 10.0. The Bertz CT molecular complexity index is 1300. The maximum absolute atomic E-state index is 12.6. The van der Waals surface area contributed by atoms with Crippen LogP contribution >= 0.6 is 11.3 Å². The summed E-state index contributed by atoms with van der Waals surface area (Å²) in [5.74, 6) is -1.22. The van der Waals surface area contributed by atoms with E-state index < -0.39 is 27.9 Å². The van der Waals surface area contributed by atoms with Crippen molar-refractivity contribution in [3.8, 4) is 0 Å². The standard InChI is InChI=1S/C22H23N3O6S2/c1-4-31-22(28)20-12-15-11-17(7-10-19(15)32-20)24-21(27)13(2)25-33(29,30)18-8-5-16(6-9-18)23-14(3)26/h5-13,25H,4H2,1-3H3,(H,23,26)(H,24,27)/t13-/m0/s1. The molecule has 1 aromatic heterocycles. The van der Waals surface area contributed by atoms with E-state index in [1.54, 1.807) is 31.2 Å². The number of hydrogen-bond acceptors (Lipinski definition) is 7. The number of amides is 2. The number of anilines is 2. The molecule has 0 bridgehead atoms. The fraction of sp³-hybridized carbons (Fsp3) is 0.227. The van der Waals surface area contributed by atoms with Gasteiger partial charge in [0.15, 0.2) is 0 Å². The van der Waals surface area contributed by atoms with Gasteiger partial charge in [-0.3, -0.25) is 9.59 Å². The first-order valence-corrected chi connectivity index (χ1v) is 12.3. The summed E-state index contributed by atoms with van der Waals surface area (Å²) in [7, 11) is -3.96. The van der Waals surface area contributed by atoms with Crippen LogP contribution in [-0.2, 0) is 24.3 Å². The minimum Gasteiger partial charge on any atom is -0.462 e. The monoisotopic (exact) mass is 489 g/mol. The van der Waals surface area contributed by atoms with Crippen molar-refractivity contribution in [3.05, 3.63) is 53.4 Å². The van der Waals surface area contributed by atoms with Crippen molar-refractivity contribution in [1.82, 2.24) is 4.72 Å². The maximum atomic E-state index is 12.6. The molecule has 174 valence electrons. The molecule has 1 heterocycles. The van der Waals surface area contributed by atoms with Gasteiger partial charge in [-0.05, 0) is 67.8 Å². The largest absolute Gasteiger partial charge is 0.462 e. The molecular formula is C22H23N3O6S2. The van der Waals surface area contributed by atoms with Gasteiger partial charge in [-0.1, -0.05) is 0 Å². The topological polar surface area (TPSA) is 131 Å². The van der Waals surface area contributed by atoms with E-state index in [0.29, 0.717) is 16.3 Å². The van der Waals surface area contributed by atoms with Gasteiger partial charge < -0.3 is 15.4 Å². The van der Waals surface area contributed by atoms with E-state index in [9.17, 15) is 22.8 Å². The number of nitrogens with one attached hydrogen (secondary N) is 3. The van der Waals surface area contributed by atoms with Crippen LogP contribution in [-0.4, -0.2) is 38.9 Å². The van der Waals surface area contributed by atoms with Crippen molar-refractivity contribution in [2.75, 3.05) is 17.2 Å². The van der Waals surface area contributed by atoms with Crippen molar-refractivity contribution in [2.24, 2.45) is 0 Å². The third kappa shape index (κ3) is 6.15. The lowest BCUT2D eigenvalue weighted by atomic mass is 10.2. The van der Waals surface area contributed by atoms with Crippen LogP contribution in [0.1, 0.15) is 30.4 Å². The first kappa shape index (κ1) is 24.4. The second-order valence-corrected chi connectivity index (χ2v) is 9.92. The van der Waals surface area contributed by atoms with Crippen molar-refractivity contribution < 1.29 is 27.5 Å². The first-order chi connectivity index (χ1) is 15.6. The third-order valence-corrected chi connectivity index (χ3v) is 7.12. The highest BCUT2D eigenvalue weighted by atomic mass is 32.2. The summed E-state index contributed by atoms with van der Waals surface area (Å²) in [5.41, 5.74) is 0.925. The van der Waals surface area contributed by atoms with Crippen molar-refractivity contribution in [1.29, 1.82) is 0 Å². The molecule has 0 aliphatic carbocycles. The number of fused-ring (bicyclic) bond motifs is 1. The van der Waals surface area contributed by atoms with Gasteiger partial charge in [-0.25, -0.2) is 13.2 Å². The van der Waals surface area contributed by atoms with Gasteiger partial charge in [0.2, 0.25) is 21.8 Å². The molecule has 0 spiro atoms. The van der Waals surface area contributed by atoms with Crippen molar-refractivity contribution >= 4 is 60.6 Å². The summed E-state index contributed by atoms with van der Waals surface area (Å²) < 4.78 is 33.4. The molecule has 1 atom stereocenters. The van der Waals surface area contributed by atoms with Crippen LogP contribution < -0.4 is 15.4 Å². The predicted molar refractivity (Wildman–Crippen MR) is 127 cm³/mol. The average molecular weight is 490 g/mol. The Balaban J connectivity index is 1.67. The molecule has 0 radical (unpaired) electrons. The Morgan fingerprint density at radius 3 is 2.30 bits per heavy atom. The molecule has 3 rings (SSSR count). The number of sulfonamides is 1. The molecule has 2 aromatic carbocycles. The number of thiophene rings is 1. The van der Waals surface area contributed by atoms with E-state index in [1.165, 1.54) is 49.4 Å². The van der Waals surface area contributed by atoms with E-state index in [0.717, 1.165) is 10.1 Å². The van der Waals surface area contributed by atoms with Gasteiger partial charge in [0.05, 0.1) is 17.5 Å². The Hall–Kier alpha value is -3.28. The molecule has 2 amide bonds. The summed E-state index contributed by atoms with van der Waals surface area (Å²) in [5, 5.41) is 5.99. The van der Waals surface area contributed by atoms with Gasteiger partial charge in [0.25, 0.3) is 0 Å². The van der Waals surface area contributed by atoms with Gasteiger partial charge in [-0.2, -0.15) is 4.72 Å². The summed E-state index contributed by atoms with van der Waals surface area (Å²) in [6.07, 6.45) is 0. The Morgan fingerprint density at radius 1 is 1.00 bits per heavy atom. The molecule has 0 saturated carbocycles. The second kappa shape index (κ2) is 10.1. The van der Waals surface area contributed by atoms with Crippen LogP contribution in [0.4, 0.5) is 11.4 Å². The van der Waals surface area contributed by atoms with E-state index >= 15 is 0 Å². The van der Waals surface area contributed by atoms with Gasteiger partial charge in [-0.15, -0.1) is 11.3 Å². The molecule has 3 N–H and O–H groups in total. The third-order valence-electron chi connectivity index (χ3n) is 4.47. The van der Waals surface area contributed by atoms with Gasteiger partial charge >= 0.3 is 5.97 Å². The zero-order valence-corrected chi connectivity index (χ0v) is 19.8. The Labute approximate surface area is 195 Å². The molecule has 0 saturated heterocycles. The van der Waals surface area contributed by atoms with Crippen molar-refractivity contribution in [2.45, 2.75) is 31.7 Å². The molecule has 33 heavy (non-hydrogen) atoms. The minimum atomic E-state index is -3.96. The van der Waals surface area contributed by atoms with Crippen LogP contribution in [0.3, 0.4) is 0 Å². The highest BCUT2D eigenvalue weighted by Crippen LogP contribution is 2.28. The summed E-state index contributed by atoms with van der Waals surface area (Å²) in [6, 6.07) is 11.4. The van der Waals surface area contributed by atoms with Crippen LogP contribution in [0, 0.1) is 0 Å². The number of rotatable bonds is 8. The Kier molecular flexibility index (Phi) is 7.46. The molecule has 0 fully saturated rings. The van der Waals surface area contributed by atoms with Gasteiger partial charge in [0, 0.05) is 23.0 Å². The number of carbonyl (C=O) groups excluding carboxylic acids is 3. The van der Waals surface area contributed by atoms with E-state index in [2.05, 4.69) is 15.4 Å². The SMILES string of the molecule is CCOC(=O)c1cc2cc(NC(=O)[C@H](C)NS(=O)(=O)c3ccc(NC(C)=O)cc3)ccc2s1. The number of benzene rings is 2. The summed E-state index contributed by atoms with van der Waals surface area (Å²) in [4.78, 5) is 36.0. The highest BCUT2D eigenvalue weighted by molar-refractivity contribution is 7.89. The van der Waals surface area contributed by atoms with E-state index in [-0.39, 0.29) is 17.4 Å². The molecule has 0 unspecified atom stereocenters. The lowest BCUT2D eigenvalue weighted by molar-refractivity contribution is -0.117. The molecular weight excluding hydrogens is 466 g/mol. The zero-order chi connectivity index (χ0) is 24.2. The molecule has 11 heteroatoms. The molecule has 0 aliphatic rings. The maximum Gasteiger partial charge on any atom is 0.348 e. The number of ether oxygens (including phenoxy) is 1. The van der Waals surface area contributed by atoms with E-state index in [1.807, 2.05) is 0 Å². The summed E-state index contributed by atoms with van der Waals surface area (Å²) in [6.45, 7) is 4.79. The van der Waals surface area contributed by atoms with Gasteiger partial charge in [0.1, 0.15) is 4.88 Å².